The van der Waals surface area contributed by atoms with Crippen LogP contribution in [-0.4, -0.2) is 23.9 Å². The molecule has 2 aromatic rings. The number of rotatable bonds is 4. The lowest BCUT2D eigenvalue weighted by Crippen LogP contribution is -2.10. The van der Waals surface area contributed by atoms with Crippen molar-refractivity contribution in [3.63, 3.8) is 0 Å². The van der Waals surface area contributed by atoms with Gasteiger partial charge in [-0.25, -0.2) is 0 Å². The zero-order valence-corrected chi connectivity index (χ0v) is 10.9. The van der Waals surface area contributed by atoms with E-state index in [1.807, 2.05) is 24.3 Å². The summed E-state index contributed by atoms with van der Waals surface area (Å²) in [6, 6.07) is 7.84. The van der Waals surface area contributed by atoms with E-state index in [0.717, 1.165) is 35.8 Å². The molecule has 0 spiro atoms. The Bertz CT molecular complexity index is 583. The normalized spacial score (nSPS) is 18.8. The number of pyridine rings is 1. The molecule has 19 heavy (non-hydrogen) atoms. The number of ketones is 1. The third kappa shape index (κ3) is 2.66. The fraction of sp³-hybridized carbons (Fsp3) is 0.375. The molecular weight excluding hydrogens is 236 g/mol. The van der Waals surface area contributed by atoms with Gasteiger partial charge in [-0.1, -0.05) is 18.2 Å². The lowest BCUT2D eigenvalue weighted by atomic mass is 9.96. The first-order valence-electron chi connectivity index (χ1n) is 6.91. The number of carbonyl (C=O) groups is 1. The Balaban J connectivity index is 1.77. The van der Waals surface area contributed by atoms with Gasteiger partial charge < -0.3 is 5.32 Å². The molecule has 1 aliphatic rings. The first-order chi connectivity index (χ1) is 9.34. The zero-order chi connectivity index (χ0) is 13.1. The highest BCUT2D eigenvalue weighted by Crippen LogP contribution is 2.21. The van der Waals surface area contributed by atoms with Crippen molar-refractivity contribution in [2.24, 2.45) is 5.92 Å². The van der Waals surface area contributed by atoms with Crippen LogP contribution in [0.15, 0.2) is 36.7 Å². The molecule has 0 amide bonds. The van der Waals surface area contributed by atoms with Crippen LogP contribution in [0.4, 0.5) is 0 Å². The van der Waals surface area contributed by atoms with E-state index in [1.54, 1.807) is 12.4 Å². The summed E-state index contributed by atoms with van der Waals surface area (Å²) in [4.78, 5) is 16.5. The predicted molar refractivity (Wildman–Crippen MR) is 76.3 cm³/mol. The quantitative estimate of drug-likeness (QED) is 0.853. The van der Waals surface area contributed by atoms with Crippen molar-refractivity contribution in [2.75, 3.05) is 13.1 Å². The minimum Gasteiger partial charge on any atom is -0.316 e. The molecule has 3 rings (SSSR count). The van der Waals surface area contributed by atoms with Crippen LogP contribution in [0.2, 0.25) is 0 Å². The number of hydrogen-bond acceptors (Lipinski definition) is 3. The number of nitrogens with one attached hydrogen (secondary N) is 1. The van der Waals surface area contributed by atoms with Crippen molar-refractivity contribution in [3.8, 4) is 0 Å². The van der Waals surface area contributed by atoms with Crippen molar-refractivity contribution in [1.82, 2.24) is 10.3 Å². The van der Waals surface area contributed by atoms with Crippen molar-refractivity contribution in [1.29, 1.82) is 0 Å². The fourth-order valence-corrected chi connectivity index (χ4v) is 2.79. The van der Waals surface area contributed by atoms with Crippen LogP contribution in [0.5, 0.6) is 0 Å². The van der Waals surface area contributed by atoms with E-state index in [-0.39, 0.29) is 5.78 Å². The van der Waals surface area contributed by atoms with Gasteiger partial charge in [0.1, 0.15) is 0 Å². The van der Waals surface area contributed by atoms with E-state index in [1.165, 1.54) is 6.42 Å². The standard InChI is InChI=1S/C16H18N2O/c19-16(5-4-12-6-8-17-10-12)14-3-1-2-13-7-9-18-11-15(13)14/h1-3,7,9,11-12,17H,4-6,8,10H2. The van der Waals surface area contributed by atoms with Crippen LogP contribution in [0.1, 0.15) is 29.6 Å². The third-order valence-electron chi connectivity index (χ3n) is 3.93. The lowest BCUT2D eigenvalue weighted by Gasteiger charge is -2.08. The summed E-state index contributed by atoms with van der Waals surface area (Å²) in [6.45, 7) is 2.15. The molecule has 0 bridgehead atoms. The van der Waals surface area contributed by atoms with Gasteiger partial charge in [0.25, 0.3) is 0 Å². The van der Waals surface area contributed by atoms with E-state index in [2.05, 4.69) is 10.3 Å². The summed E-state index contributed by atoms with van der Waals surface area (Å²) in [5.41, 5.74) is 0.816. The molecule has 3 heteroatoms. The third-order valence-corrected chi connectivity index (χ3v) is 3.93. The molecule has 1 aromatic carbocycles. The number of aromatic nitrogens is 1. The Kier molecular flexibility index (Phi) is 3.56. The van der Waals surface area contributed by atoms with Gasteiger partial charge in [-0.15, -0.1) is 0 Å². The summed E-state index contributed by atoms with van der Waals surface area (Å²) in [7, 11) is 0. The van der Waals surface area contributed by atoms with E-state index in [4.69, 9.17) is 0 Å². The number of carbonyl (C=O) groups excluding carboxylic acids is 1. The average Bonchev–Trinajstić information content (AvgIpc) is 2.97. The molecule has 0 saturated carbocycles. The molecule has 0 radical (unpaired) electrons. The maximum absolute atomic E-state index is 12.4. The molecule has 1 saturated heterocycles. The van der Waals surface area contributed by atoms with Gasteiger partial charge in [-0.3, -0.25) is 9.78 Å². The summed E-state index contributed by atoms with van der Waals surface area (Å²) in [5, 5.41) is 5.40. The molecule has 1 N–H and O–H groups in total. The highest BCUT2D eigenvalue weighted by Gasteiger charge is 2.17. The number of Topliss-reactive ketones (excluding diaryl/α,β-unsaturated/α-hetero) is 1. The molecule has 98 valence electrons. The highest BCUT2D eigenvalue weighted by molar-refractivity contribution is 6.07. The van der Waals surface area contributed by atoms with Crippen LogP contribution in [-0.2, 0) is 0 Å². The molecule has 2 heterocycles. The van der Waals surface area contributed by atoms with Crippen molar-refractivity contribution < 1.29 is 4.79 Å². The second-order valence-electron chi connectivity index (χ2n) is 5.22. The highest BCUT2D eigenvalue weighted by atomic mass is 16.1. The zero-order valence-electron chi connectivity index (χ0n) is 10.9. The van der Waals surface area contributed by atoms with Gasteiger partial charge in [0.05, 0.1) is 0 Å². The Hall–Kier alpha value is -1.74. The summed E-state index contributed by atoms with van der Waals surface area (Å²) >= 11 is 0. The van der Waals surface area contributed by atoms with Crippen LogP contribution in [0.25, 0.3) is 10.8 Å². The predicted octanol–water partition coefficient (Wildman–Crippen LogP) is 2.81. The van der Waals surface area contributed by atoms with Gasteiger partial charge in [-0.05, 0) is 43.3 Å². The second kappa shape index (κ2) is 5.49. The molecule has 1 aromatic heterocycles. The Labute approximate surface area is 113 Å². The van der Waals surface area contributed by atoms with Crippen molar-refractivity contribution in [2.45, 2.75) is 19.3 Å². The topological polar surface area (TPSA) is 42.0 Å². The number of fused-ring (bicyclic) bond motifs is 1. The molecule has 1 atom stereocenters. The van der Waals surface area contributed by atoms with Gasteiger partial charge >= 0.3 is 0 Å². The minimum absolute atomic E-state index is 0.241. The summed E-state index contributed by atoms with van der Waals surface area (Å²) in [6.07, 6.45) is 6.38. The van der Waals surface area contributed by atoms with Crippen LogP contribution >= 0.6 is 0 Å². The lowest BCUT2D eigenvalue weighted by molar-refractivity contribution is 0.0976. The van der Waals surface area contributed by atoms with E-state index in [9.17, 15) is 4.79 Å². The van der Waals surface area contributed by atoms with Crippen LogP contribution in [0.3, 0.4) is 0 Å². The second-order valence-corrected chi connectivity index (χ2v) is 5.22. The monoisotopic (exact) mass is 254 g/mol. The summed E-state index contributed by atoms with van der Waals surface area (Å²) < 4.78 is 0. The SMILES string of the molecule is O=C(CCC1CCNC1)c1cccc2ccncc12. The number of benzene rings is 1. The first kappa shape index (κ1) is 12.3. The number of hydrogen-bond donors (Lipinski definition) is 1. The van der Waals surface area contributed by atoms with Gasteiger partial charge in [0.15, 0.2) is 5.78 Å². The van der Waals surface area contributed by atoms with E-state index >= 15 is 0 Å². The Morgan fingerprint density at radius 3 is 3.16 bits per heavy atom. The molecule has 1 aliphatic heterocycles. The van der Waals surface area contributed by atoms with Gasteiger partial charge in [0, 0.05) is 29.8 Å². The maximum Gasteiger partial charge on any atom is 0.163 e. The molecular formula is C16H18N2O. The Morgan fingerprint density at radius 2 is 2.32 bits per heavy atom. The fourth-order valence-electron chi connectivity index (χ4n) is 2.79. The van der Waals surface area contributed by atoms with Crippen LogP contribution in [0, 0.1) is 5.92 Å². The molecule has 1 unspecified atom stereocenters. The van der Waals surface area contributed by atoms with Crippen LogP contribution < -0.4 is 5.32 Å². The largest absolute Gasteiger partial charge is 0.316 e. The van der Waals surface area contributed by atoms with E-state index < -0.39 is 0 Å². The summed E-state index contributed by atoms with van der Waals surface area (Å²) in [5.74, 6) is 0.905. The Morgan fingerprint density at radius 1 is 1.37 bits per heavy atom. The van der Waals surface area contributed by atoms with Gasteiger partial charge in [0.2, 0.25) is 0 Å². The maximum atomic E-state index is 12.4. The first-order valence-corrected chi connectivity index (χ1v) is 6.91. The molecule has 1 fully saturated rings. The minimum atomic E-state index is 0.241. The molecule has 0 aliphatic carbocycles. The smallest absolute Gasteiger partial charge is 0.163 e. The van der Waals surface area contributed by atoms with Crippen molar-refractivity contribution >= 4 is 16.6 Å². The average molecular weight is 254 g/mol. The van der Waals surface area contributed by atoms with Crippen molar-refractivity contribution in [3.05, 3.63) is 42.2 Å². The number of nitrogens with zero attached hydrogens (tertiary/aromatic N) is 1. The molecule has 3 nitrogen and oxygen atoms in total. The van der Waals surface area contributed by atoms with E-state index in [0.29, 0.717) is 12.3 Å². The van der Waals surface area contributed by atoms with Gasteiger partial charge in [-0.2, -0.15) is 0 Å².